The Hall–Kier alpha value is -2.50. The Balaban J connectivity index is 2.28. The SMILES string of the molecule is CC(C)C(OC(=O)c1ccc2ccccc2c1)C(F)(F)C(=O)O. The van der Waals surface area contributed by atoms with Gasteiger partial charge in [-0.05, 0) is 28.8 Å². The van der Waals surface area contributed by atoms with Gasteiger partial charge >= 0.3 is 17.9 Å². The number of alkyl halides is 2. The number of halogens is 2. The third-order valence-corrected chi connectivity index (χ3v) is 3.47. The molecule has 0 bridgehead atoms. The summed E-state index contributed by atoms with van der Waals surface area (Å²) in [6.07, 6.45) is -2.04. The van der Waals surface area contributed by atoms with Gasteiger partial charge in [0.15, 0.2) is 6.10 Å². The molecule has 122 valence electrons. The van der Waals surface area contributed by atoms with Crippen molar-refractivity contribution < 1.29 is 28.2 Å². The van der Waals surface area contributed by atoms with E-state index in [0.717, 1.165) is 10.8 Å². The number of ether oxygens (including phenoxy) is 1. The number of carbonyl (C=O) groups excluding carboxylic acids is 1. The summed E-state index contributed by atoms with van der Waals surface area (Å²) >= 11 is 0. The summed E-state index contributed by atoms with van der Waals surface area (Å²) < 4.78 is 32.2. The number of benzene rings is 2. The number of carboxylic acid groups (broad SMARTS) is 1. The van der Waals surface area contributed by atoms with Crippen molar-refractivity contribution in [2.24, 2.45) is 5.92 Å². The second-order valence-electron chi connectivity index (χ2n) is 5.56. The number of carboxylic acids is 1. The first-order valence-electron chi connectivity index (χ1n) is 7.04. The number of esters is 1. The molecule has 0 saturated carbocycles. The molecule has 0 fully saturated rings. The number of hydrogen-bond donors (Lipinski definition) is 1. The van der Waals surface area contributed by atoms with Gasteiger partial charge in [0.25, 0.3) is 0 Å². The summed E-state index contributed by atoms with van der Waals surface area (Å²) in [5.74, 6) is -8.30. The highest BCUT2D eigenvalue weighted by atomic mass is 19.3. The monoisotopic (exact) mass is 322 g/mol. The van der Waals surface area contributed by atoms with Crippen LogP contribution in [0, 0.1) is 5.92 Å². The fourth-order valence-corrected chi connectivity index (χ4v) is 2.25. The number of hydrogen-bond acceptors (Lipinski definition) is 3. The summed E-state index contributed by atoms with van der Waals surface area (Å²) in [5, 5.41) is 10.3. The summed E-state index contributed by atoms with van der Waals surface area (Å²) in [4.78, 5) is 22.8. The van der Waals surface area contributed by atoms with E-state index in [1.165, 1.54) is 26.0 Å². The third kappa shape index (κ3) is 3.47. The van der Waals surface area contributed by atoms with Crippen LogP contribution >= 0.6 is 0 Å². The quantitative estimate of drug-likeness (QED) is 0.852. The average molecular weight is 322 g/mol. The lowest BCUT2D eigenvalue weighted by Crippen LogP contribution is -2.47. The predicted molar refractivity (Wildman–Crippen MR) is 80.6 cm³/mol. The standard InChI is InChI=1S/C17H16F2O4/c1-10(2)14(17(18,19)16(21)22)23-15(20)13-8-7-11-5-3-4-6-12(11)9-13/h3-10,14H,1-2H3,(H,21,22). The fraction of sp³-hybridized carbons (Fsp3) is 0.294. The van der Waals surface area contributed by atoms with Gasteiger partial charge in [-0.25, -0.2) is 9.59 Å². The van der Waals surface area contributed by atoms with Gasteiger partial charge in [0.1, 0.15) is 0 Å². The summed E-state index contributed by atoms with van der Waals surface area (Å²) in [6.45, 7) is 2.74. The van der Waals surface area contributed by atoms with Gasteiger partial charge in [0.05, 0.1) is 5.56 Å². The summed E-state index contributed by atoms with van der Waals surface area (Å²) in [6, 6.07) is 11.9. The van der Waals surface area contributed by atoms with E-state index in [9.17, 15) is 18.4 Å². The molecular formula is C17H16F2O4. The Bertz CT molecular complexity index is 740. The summed E-state index contributed by atoms with van der Waals surface area (Å²) in [5.41, 5.74) is 0.0931. The molecule has 0 radical (unpaired) electrons. The third-order valence-electron chi connectivity index (χ3n) is 3.47. The number of fused-ring (bicyclic) bond motifs is 1. The first kappa shape index (κ1) is 16.9. The molecule has 1 unspecified atom stereocenters. The van der Waals surface area contributed by atoms with Crippen LogP contribution in [0.5, 0.6) is 0 Å². The smallest absolute Gasteiger partial charge is 0.378 e. The van der Waals surface area contributed by atoms with Gasteiger partial charge < -0.3 is 9.84 Å². The summed E-state index contributed by atoms with van der Waals surface area (Å²) in [7, 11) is 0. The minimum absolute atomic E-state index is 0.0931. The van der Waals surface area contributed by atoms with Crippen molar-refractivity contribution in [1.82, 2.24) is 0 Å². The van der Waals surface area contributed by atoms with Crippen LogP contribution in [0.4, 0.5) is 8.78 Å². The molecule has 0 saturated heterocycles. The second-order valence-corrected chi connectivity index (χ2v) is 5.56. The van der Waals surface area contributed by atoms with Crippen molar-refractivity contribution in [2.75, 3.05) is 0 Å². The van der Waals surface area contributed by atoms with Crippen LogP contribution in [0.3, 0.4) is 0 Å². The van der Waals surface area contributed by atoms with E-state index in [-0.39, 0.29) is 5.56 Å². The van der Waals surface area contributed by atoms with E-state index < -0.39 is 29.9 Å². The minimum atomic E-state index is -4.15. The number of rotatable bonds is 5. The first-order chi connectivity index (χ1) is 10.7. The van der Waals surface area contributed by atoms with E-state index >= 15 is 0 Å². The van der Waals surface area contributed by atoms with Gasteiger partial charge in [0, 0.05) is 0 Å². The van der Waals surface area contributed by atoms with Crippen molar-refractivity contribution in [3.63, 3.8) is 0 Å². The Labute approximate surface area is 131 Å². The van der Waals surface area contributed by atoms with Crippen molar-refractivity contribution in [2.45, 2.75) is 25.9 Å². The lowest BCUT2D eigenvalue weighted by molar-refractivity contribution is -0.187. The predicted octanol–water partition coefficient (Wildman–Crippen LogP) is 3.74. The van der Waals surface area contributed by atoms with Crippen LogP contribution < -0.4 is 0 Å². The van der Waals surface area contributed by atoms with Crippen LogP contribution in [0.2, 0.25) is 0 Å². The first-order valence-corrected chi connectivity index (χ1v) is 7.04. The van der Waals surface area contributed by atoms with E-state index in [4.69, 9.17) is 9.84 Å². The van der Waals surface area contributed by atoms with E-state index in [1.807, 2.05) is 12.1 Å². The molecule has 4 nitrogen and oxygen atoms in total. The van der Waals surface area contributed by atoms with Crippen molar-refractivity contribution in [3.8, 4) is 0 Å². The molecule has 0 amide bonds. The molecule has 2 aromatic carbocycles. The van der Waals surface area contributed by atoms with Gasteiger partial charge in [-0.2, -0.15) is 8.78 Å². The Morgan fingerprint density at radius 2 is 1.70 bits per heavy atom. The normalized spacial score (nSPS) is 13.1. The highest BCUT2D eigenvalue weighted by molar-refractivity contribution is 5.95. The van der Waals surface area contributed by atoms with Gasteiger partial charge in [-0.3, -0.25) is 0 Å². The van der Waals surface area contributed by atoms with E-state index in [0.29, 0.717) is 0 Å². The zero-order valence-electron chi connectivity index (χ0n) is 12.6. The van der Waals surface area contributed by atoms with Crippen LogP contribution in [-0.2, 0) is 9.53 Å². The number of carbonyl (C=O) groups is 2. The molecular weight excluding hydrogens is 306 g/mol. The van der Waals surface area contributed by atoms with E-state index in [1.54, 1.807) is 18.2 Å². The molecule has 0 spiro atoms. The maximum Gasteiger partial charge on any atom is 0.378 e. The van der Waals surface area contributed by atoms with Crippen molar-refractivity contribution >= 4 is 22.7 Å². The van der Waals surface area contributed by atoms with Crippen LogP contribution in [-0.4, -0.2) is 29.1 Å². The molecule has 0 aliphatic heterocycles. The fourth-order valence-electron chi connectivity index (χ4n) is 2.25. The van der Waals surface area contributed by atoms with E-state index in [2.05, 4.69) is 0 Å². The Kier molecular flexibility index (Phi) is 4.63. The van der Waals surface area contributed by atoms with Crippen molar-refractivity contribution in [1.29, 1.82) is 0 Å². The lowest BCUT2D eigenvalue weighted by Gasteiger charge is -2.26. The second kappa shape index (κ2) is 6.32. The Morgan fingerprint density at radius 3 is 2.26 bits per heavy atom. The van der Waals surface area contributed by atoms with Crippen LogP contribution in [0.25, 0.3) is 10.8 Å². The maximum atomic E-state index is 13.7. The molecule has 0 aromatic heterocycles. The lowest BCUT2D eigenvalue weighted by atomic mass is 10.0. The van der Waals surface area contributed by atoms with Crippen LogP contribution in [0.1, 0.15) is 24.2 Å². The molecule has 2 aromatic rings. The Morgan fingerprint density at radius 1 is 1.09 bits per heavy atom. The molecule has 0 heterocycles. The molecule has 1 N–H and O–H groups in total. The largest absolute Gasteiger partial charge is 0.477 e. The highest BCUT2D eigenvalue weighted by Gasteiger charge is 2.51. The van der Waals surface area contributed by atoms with Crippen molar-refractivity contribution in [3.05, 3.63) is 48.0 Å². The number of aliphatic carboxylic acids is 1. The molecule has 6 heteroatoms. The van der Waals surface area contributed by atoms with Crippen LogP contribution in [0.15, 0.2) is 42.5 Å². The minimum Gasteiger partial charge on any atom is -0.477 e. The van der Waals surface area contributed by atoms with Gasteiger partial charge in [-0.15, -0.1) is 0 Å². The molecule has 0 aliphatic rings. The topological polar surface area (TPSA) is 63.6 Å². The zero-order chi connectivity index (χ0) is 17.2. The van der Waals surface area contributed by atoms with Gasteiger partial charge in [0.2, 0.25) is 0 Å². The molecule has 0 aliphatic carbocycles. The van der Waals surface area contributed by atoms with Gasteiger partial charge in [-0.1, -0.05) is 44.2 Å². The molecule has 23 heavy (non-hydrogen) atoms. The average Bonchev–Trinajstić information content (AvgIpc) is 2.51. The molecule has 1 atom stereocenters. The zero-order valence-corrected chi connectivity index (χ0v) is 12.6. The highest BCUT2D eigenvalue weighted by Crippen LogP contribution is 2.28. The maximum absolute atomic E-state index is 13.7. The molecule has 2 rings (SSSR count).